The summed E-state index contributed by atoms with van der Waals surface area (Å²) in [5.41, 5.74) is 0.456. The molecule has 0 saturated heterocycles. The second-order valence-electron chi connectivity index (χ2n) is 5.04. The van der Waals surface area contributed by atoms with Crippen LogP contribution >= 0.6 is 11.6 Å². The Labute approximate surface area is 144 Å². The molecule has 0 N–H and O–H groups in total. The summed E-state index contributed by atoms with van der Waals surface area (Å²) >= 11 is 6.11. The molecule has 126 valence electrons. The van der Waals surface area contributed by atoms with Gasteiger partial charge in [-0.1, -0.05) is 41.9 Å². The highest BCUT2D eigenvalue weighted by molar-refractivity contribution is 6.34. The molecule has 0 unspecified atom stereocenters. The van der Waals surface area contributed by atoms with E-state index in [4.69, 9.17) is 16.3 Å². The largest absolute Gasteiger partial charge is 0.466 e. The molecule has 0 amide bonds. The van der Waals surface area contributed by atoms with Gasteiger partial charge in [0.2, 0.25) is 0 Å². The van der Waals surface area contributed by atoms with Crippen LogP contribution < -0.4 is 5.56 Å². The smallest absolute Gasteiger partial charge is 0.307 e. The molecule has 24 heavy (non-hydrogen) atoms. The van der Waals surface area contributed by atoms with E-state index in [1.807, 2.05) is 6.07 Å². The molecule has 1 aromatic heterocycles. The third kappa shape index (κ3) is 3.89. The Morgan fingerprint density at radius 2 is 1.92 bits per heavy atom. The number of Topliss-reactive ketones (excluding diaryl/α,β-unsaturated/α-hetero) is 1. The molecule has 0 atom stereocenters. The van der Waals surface area contributed by atoms with Crippen LogP contribution in [0.5, 0.6) is 0 Å². The highest BCUT2D eigenvalue weighted by atomic mass is 35.5. The fourth-order valence-corrected chi connectivity index (χ4v) is 2.56. The van der Waals surface area contributed by atoms with E-state index < -0.39 is 11.5 Å². The number of halogens is 1. The van der Waals surface area contributed by atoms with Crippen molar-refractivity contribution in [1.82, 2.24) is 9.78 Å². The first kappa shape index (κ1) is 17.9. The molecule has 0 saturated carbocycles. The third-order valence-electron chi connectivity index (χ3n) is 3.33. The number of ether oxygens (including phenoxy) is 1. The molecular weight excluding hydrogens is 332 g/mol. The van der Waals surface area contributed by atoms with Crippen LogP contribution in [0.3, 0.4) is 0 Å². The van der Waals surface area contributed by atoms with Gasteiger partial charge in [-0.25, -0.2) is 4.68 Å². The van der Waals surface area contributed by atoms with Gasteiger partial charge in [0, 0.05) is 5.56 Å². The molecule has 2 aromatic rings. The summed E-state index contributed by atoms with van der Waals surface area (Å²) in [6.07, 6.45) is -0.00920. The molecule has 2 rings (SSSR count). The number of nitrogens with zero attached hydrogens (tertiary/aromatic N) is 2. The maximum atomic E-state index is 12.3. The monoisotopic (exact) mass is 348 g/mol. The predicted molar refractivity (Wildman–Crippen MR) is 90.2 cm³/mol. The van der Waals surface area contributed by atoms with E-state index >= 15 is 0 Å². The molecule has 0 bridgehead atoms. The lowest BCUT2D eigenvalue weighted by molar-refractivity contribution is -0.143. The molecule has 0 fully saturated rings. The minimum Gasteiger partial charge on any atom is -0.466 e. The maximum absolute atomic E-state index is 12.3. The van der Waals surface area contributed by atoms with Crippen LogP contribution in [0, 0.1) is 0 Å². The molecule has 7 heteroatoms. The van der Waals surface area contributed by atoms with Crippen LogP contribution in [-0.4, -0.2) is 28.1 Å². The molecule has 0 spiro atoms. The average molecular weight is 349 g/mol. The summed E-state index contributed by atoms with van der Waals surface area (Å²) in [6.45, 7) is 3.32. The maximum Gasteiger partial charge on any atom is 0.307 e. The Kier molecular flexibility index (Phi) is 5.87. The highest BCUT2D eigenvalue weighted by Crippen LogP contribution is 2.25. The number of rotatable bonds is 6. The highest BCUT2D eigenvalue weighted by Gasteiger charge is 2.20. The van der Waals surface area contributed by atoms with Gasteiger partial charge in [-0.15, -0.1) is 0 Å². The van der Waals surface area contributed by atoms with Crippen LogP contribution in [0.15, 0.2) is 35.1 Å². The third-order valence-corrected chi connectivity index (χ3v) is 3.68. The zero-order valence-electron chi connectivity index (χ0n) is 13.4. The van der Waals surface area contributed by atoms with Crippen molar-refractivity contribution < 1.29 is 14.3 Å². The van der Waals surface area contributed by atoms with Gasteiger partial charge in [-0.3, -0.25) is 14.4 Å². The second-order valence-corrected chi connectivity index (χ2v) is 5.42. The van der Waals surface area contributed by atoms with E-state index in [0.29, 0.717) is 11.3 Å². The molecule has 0 aliphatic heterocycles. The van der Waals surface area contributed by atoms with Gasteiger partial charge in [-0.05, 0) is 13.8 Å². The van der Waals surface area contributed by atoms with Crippen LogP contribution in [0.1, 0.15) is 30.6 Å². The van der Waals surface area contributed by atoms with Gasteiger partial charge in [0.25, 0.3) is 5.56 Å². The minimum atomic E-state index is -0.606. The van der Waals surface area contributed by atoms with Gasteiger partial charge >= 0.3 is 5.97 Å². The Balaban J connectivity index is 2.51. The van der Waals surface area contributed by atoms with Crippen LogP contribution in [-0.2, 0) is 16.1 Å². The first-order valence-electron chi connectivity index (χ1n) is 7.48. The summed E-state index contributed by atoms with van der Waals surface area (Å²) in [4.78, 5) is 35.7. The zero-order valence-corrected chi connectivity index (χ0v) is 14.2. The number of hydrogen-bond acceptors (Lipinski definition) is 5. The van der Waals surface area contributed by atoms with E-state index in [0.717, 1.165) is 4.68 Å². The van der Waals surface area contributed by atoms with E-state index in [-0.39, 0.29) is 35.9 Å². The summed E-state index contributed by atoms with van der Waals surface area (Å²) in [5.74, 6) is -0.778. The molecule has 1 aromatic carbocycles. The quantitative estimate of drug-likeness (QED) is 0.592. The number of ketones is 1. The Morgan fingerprint density at radius 1 is 1.25 bits per heavy atom. The Hall–Kier alpha value is -2.47. The number of esters is 1. The van der Waals surface area contributed by atoms with Gasteiger partial charge in [0.15, 0.2) is 5.78 Å². The van der Waals surface area contributed by atoms with Gasteiger partial charge in [0.05, 0.1) is 25.1 Å². The number of carbonyl (C=O) groups excluding carboxylic acids is 2. The molecular formula is C17H17ClN2O4. The van der Waals surface area contributed by atoms with Gasteiger partial charge in [0.1, 0.15) is 10.7 Å². The van der Waals surface area contributed by atoms with Gasteiger partial charge < -0.3 is 4.74 Å². The first-order chi connectivity index (χ1) is 11.5. The van der Waals surface area contributed by atoms with Crippen molar-refractivity contribution in [3.63, 3.8) is 0 Å². The first-order valence-corrected chi connectivity index (χ1v) is 7.86. The number of aryl methyl sites for hydroxylation is 1. The van der Waals surface area contributed by atoms with Crippen molar-refractivity contribution in [2.24, 2.45) is 0 Å². The summed E-state index contributed by atoms with van der Waals surface area (Å²) in [6, 6.07) is 8.96. The standard InChI is InChI=1S/C17H17ClN2O4/c1-3-24-13(22)9-10-20-17(23)15(18)14(11(2)21)16(19-20)12-7-5-4-6-8-12/h4-8H,3,9-10H2,1-2H3. The lowest BCUT2D eigenvalue weighted by Crippen LogP contribution is -2.28. The normalized spacial score (nSPS) is 10.5. The summed E-state index contributed by atoms with van der Waals surface area (Å²) in [7, 11) is 0. The molecule has 0 aliphatic rings. The summed E-state index contributed by atoms with van der Waals surface area (Å²) in [5, 5.41) is 4.05. The van der Waals surface area contributed by atoms with Crippen molar-refractivity contribution >= 4 is 23.4 Å². The van der Waals surface area contributed by atoms with Crippen molar-refractivity contribution in [3.05, 3.63) is 51.3 Å². The van der Waals surface area contributed by atoms with Crippen LogP contribution in [0.25, 0.3) is 11.3 Å². The number of benzene rings is 1. The lowest BCUT2D eigenvalue weighted by atomic mass is 10.0. The van der Waals surface area contributed by atoms with Crippen molar-refractivity contribution in [2.75, 3.05) is 6.61 Å². The van der Waals surface area contributed by atoms with Crippen molar-refractivity contribution in [1.29, 1.82) is 0 Å². The van der Waals surface area contributed by atoms with Gasteiger partial charge in [-0.2, -0.15) is 5.10 Å². The summed E-state index contributed by atoms with van der Waals surface area (Å²) < 4.78 is 5.93. The van der Waals surface area contributed by atoms with E-state index in [9.17, 15) is 14.4 Å². The Bertz CT molecular complexity index is 815. The minimum absolute atomic E-state index is 0.00920. The van der Waals surface area contributed by atoms with E-state index in [1.54, 1.807) is 31.2 Å². The fourth-order valence-electron chi connectivity index (χ4n) is 2.24. The number of aromatic nitrogens is 2. The zero-order chi connectivity index (χ0) is 17.7. The van der Waals surface area contributed by atoms with E-state index in [2.05, 4.69) is 5.10 Å². The predicted octanol–water partition coefficient (Wildman–Crippen LogP) is 2.72. The van der Waals surface area contributed by atoms with Crippen LogP contribution in [0.2, 0.25) is 5.02 Å². The number of hydrogen-bond donors (Lipinski definition) is 0. The topological polar surface area (TPSA) is 78.3 Å². The number of carbonyl (C=O) groups is 2. The fraction of sp³-hybridized carbons (Fsp3) is 0.294. The Morgan fingerprint density at radius 3 is 2.50 bits per heavy atom. The van der Waals surface area contributed by atoms with Crippen LogP contribution in [0.4, 0.5) is 0 Å². The molecule has 0 aliphatic carbocycles. The van der Waals surface area contributed by atoms with E-state index in [1.165, 1.54) is 6.92 Å². The SMILES string of the molecule is CCOC(=O)CCn1nc(-c2ccccc2)c(C(C)=O)c(Cl)c1=O. The van der Waals surface area contributed by atoms with Crippen molar-refractivity contribution in [3.8, 4) is 11.3 Å². The molecule has 6 nitrogen and oxygen atoms in total. The molecule has 0 radical (unpaired) electrons. The lowest BCUT2D eigenvalue weighted by Gasteiger charge is -2.12. The average Bonchev–Trinajstić information content (AvgIpc) is 2.56. The van der Waals surface area contributed by atoms with Crippen molar-refractivity contribution in [2.45, 2.75) is 26.8 Å². The second kappa shape index (κ2) is 7.88. The molecule has 1 heterocycles.